The third-order valence-corrected chi connectivity index (χ3v) is 3.26. The van der Waals surface area contributed by atoms with E-state index in [9.17, 15) is 0 Å². The number of nitriles is 1. The molecule has 0 saturated heterocycles. The number of aromatic nitrogens is 2. The summed E-state index contributed by atoms with van der Waals surface area (Å²) in [5.74, 6) is 0.523. The van der Waals surface area contributed by atoms with Crippen LogP contribution in [0, 0.1) is 11.3 Å². The van der Waals surface area contributed by atoms with Crippen LogP contribution in [0.15, 0.2) is 18.3 Å². The number of halogens is 1. The number of nitrogens with zero attached hydrogens (tertiary/aromatic N) is 3. The lowest BCUT2D eigenvalue weighted by Crippen LogP contribution is -1.96. The summed E-state index contributed by atoms with van der Waals surface area (Å²) in [5, 5.41) is 12.6. The average Bonchev–Trinajstić information content (AvgIpc) is 2.86. The highest BCUT2D eigenvalue weighted by atomic mass is 35.5. The summed E-state index contributed by atoms with van der Waals surface area (Å²) in [4.78, 5) is 8.69. The SMILES string of the molecule is [3H][B]SOCc1cc(Cl)nc(Nc2ncc(C#N)s2)c1. The fourth-order valence-electron chi connectivity index (χ4n) is 1.29. The van der Waals surface area contributed by atoms with Crippen LogP contribution in [0.4, 0.5) is 10.9 Å². The number of nitrogens with one attached hydrogen (secondary N) is 1. The van der Waals surface area contributed by atoms with Gasteiger partial charge in [-0.25, -0.2) is 9.97 Å². The zero-order chi connectivity index (χ0) is 14.4. The minimum Gasteiger partial charge on any atom is -0.323 e. The van der Waals surface area contributed by atoms with E-state index in [-0.39, 0.29) is 0 Å². The molecule has 2 heterocycles. The van der Waals surface area contributed by atoms with Crippen LogP contribution in [0.25, 0.3) is 0 Å². The van der Waals surface area contributed by atoms with Crippen molar-refractivity contribution in [2.45, 2.75) is 6.61 Å². The van der Waals surface area contributed by atoms with Gasteiger partial charge in [-0.3, -0.25) is 0 Å². The second-order valence-electron chi connectivity index (χ2n) is 3.31. The monoisotopic (exact) mass is 311 g/mol. The minimum absolute atomic E-state index is 0.304. The maximum Gasteiger partial charge on any atom is 0.209 e. The van der Waals surface area contributed by atoms with Crippen LogP contribution in [0.1, 0.15) is 10.4 Å². The van der Waals surface area contributed by atoms with E-state index in [1.807, 2.05) is 6.07 Å². The van der Waals surface area contributed by atoms with Crippen molar-refractivity contribution >= 4 is 52.9 Å². The molecule has 5 nitrogen and oxygen atoms in total. The summed E-state index contributed by atoms with van der Waals surface area (Å²) < 4.78 is 12.0. The van der Waals surface area contributed by atoms with Gasteiger partial charge in [-0.05, 0) is 19.0 Å². The standard InChI is InChI=1S/C10H7BClN4OS2/c11-19-17-5-6-1-8(12)15-9(2-6)16-10-14-4-7(3-13)18-10/h1-2,4,11H,5H2,(H,14,15,16)/i11T. The molecule has 0 bridgehead atoms. The zero-order valence-corrected chi connectivity index (χ0v) is 11.8. The van der Waals surface area contributed by atoms with E-state index in [4.69, 9.17) is 22.4 Å². The molecule has 0 amide bonds. The molecular weight excluding hydrogens is 303 g/mol. The zero-order valence-electron chi connectivity index (χ0n) is 10.5. The quantitative estimate of drug-likeness (QED) is 0.383. The Hall–Kier alpha value is -1.27. The Balaban J connectivity index is 2.09. The summed E-state index contributed by atoms with van der Waals surface area (Å²) >= 11 is 8.10. The van der Waals surface area contributed by atoms with Crippen molar-refractivity contribution in [1.82, 2.24) is 9.97 Å². The van der Waals surface area contributed by atoms with Crippen LogP contribution in [0.2, 0.25) is 5.15 Å². The fraction of sp³-hybridized carbons (Fsp3) is 0.100. The highest BCUT2D eigenvalue weighted by molar-refractivity contribution is 8.15. The molecule has 1 radical (unpaired) electrons. The van der Waals surface area contributed by atoms with Crippen molar-refractivity contribution < 1.29 is 4.18 Å². The molecule has 0 aliphatic rings. The van der Waals surface area contributed by atoms with Gasteiger partial charge in [-0.15, -0.1) is 0 Å². The van der Waals surface area contributed by atoms with Crippen molar-refractivity contribution in [3.63, 3.8) is 0 Å². The first-order valence-electron chi connectivity index (χ1n) is 5.57. The lowest BCUT2D eigenvalue weighted by molar-refractivity contribution is 0.369. The third-order valence-electron chi connectivity index (χ3n) is 2.00. The topological polar surface area (TPSA) is 70.8 Å². The fourth-order valence-corrected chi connectivity index (χ4v) is 2.35. The van der Waals surface area contributed by atoms with Crippen molar-refractivity contribution in [1.29, 1.82) is 6.60 Å². The Bertz CT molecular complexity index is 636. The van der Waals surface area contributed by atoms with Gasteiger partial charge in [0.1, 0.15) is 21.9 Å². The number of thiazole rings is 1. The van der Waals surface area contributed by atoms with Crippen LogP contribution in [0.3, 0.4) is 0 Å². The van der Waals surface area contributed by atoms with Gasteiger partial charge in [0.15, 0.2) is 5.13 Å². The molecule has 2 aromatic heterocycles. The molecule has 9 heteroatoms. The molecule has 0 aliphatic heterocycles. The van der Waals surface area contributed by atoms with E-state index < -0.39 is 0 Å². The molecule has 0 fully saturated rings. The van der Waals surface area contributed by atoms with Crippen LogP contribution in [-0.2, 0) is 10.8 Å². The molecule has 0 saturated carbocycles. The second kappa shape index (κ2) is 6.77. The number of hydrogen-bond donors (Lipinski definition) is 1. The summed E-state index contributed by atoms with van der Waals surface area (Å²) in [5.41, 5.74) is 0.818. The summed E-state index contributed by atoms with van der Waals surface area (Å²) in [6.45, 7) is 0.304. The van der Waals surface area contributed by atoms with E-state index in [1.54, 1.807) is 12.1 Å². The van der Waals surface area contributed by atoms with Crippen molar-refractivity contribution in [3.05, 3.63) is 33.9 Å². The van der Waals surface area contributed by atoms with E-state index in [1.165, 1.54) is 17.5 Å². The summed E-state index contributed by atoms with van der Waals surface area (Å²) in [6, 6.07) is 5.46. The predicted octanol–water partition coefficient (Wildman–Crippen LogP) is 2.79. The molecule has 2 aromatic rings. The minimum atomic E-state index is 0.304. The molecular formula is C10H7BClN4OS2. The molecule has 2 rings (SSSR count). The molecule has 0 aromatic carbocycles. The first-order chi connectivity index (χ1) is 9.71. The lowest BCUT2D eigenvalue weighted by atomic mass is 10.3. The summed E-state index contributed by atoms with van der Waals surface area (Å²) in [7, 11) is 1.10. The first kappa shape index (κ1) is 12.8. The number of hydrogen-bond acceptors (Lipinski definition) is 7. The number of anilines is 2. The van der Waals surface area contributed by atoms with Crippen molar-refractivity contribution in [3.8, 4) is 6.07 Å². The normalized spacial score (nSPS) is 10.6. The van der Waals surface area contributed by atoms with Crippen LogP contribution >= 0.6 is 34.8 Å². The van der Waals surface area contributed by atoms with Gasteiger partial charge in [-0.1, -0.05) is 34.8 Å². The third kappa shape index (κ3) is 4.11. The van der Waals surface area contributed by atoms with Gasteiger partial charge in [0.25, 0.3) is 0 Å². The van der Waals surface area contributed by atoms with E-state index >= 15 is 0 Å². The molecule has 19 heavy (non-hydrogen) atoms. The van der Waals surface area contributed by atoms with Crippen LogP contribution in [0.5, 0.6) is 0 Å². The van der Waals surface area contributed by atoms with Gasteiger partial charge in [0, 0.05) is 0 Å². The van der Waals surface area contributed by atoms with Crippen molar-refractivity contribution in [2.75, 3.05) is 5.32 Å². The molecule has 0 aliphatic carbocycles. The largest absolute Gasteiger partial charge is 0.323 e. The van der Waals surface area contributed by atoms with Gasteiger partial charge in [0.05, 0.1) is 12.8 Å². The average molecular weight is 312 g/mol. The number of pyridine rings is 1. The predicted molar refractivity (Wildman–Crippen MR) is 78.9 cm³/mol. The van der Waals surface area contributed by atoms with Crippen molar-refractivity contribution in [2.24, 2.45) is 0 Å². The van der Waals surface area contributed by atoms with Gasteiger partial charge >= 0.3 is 0 Å². The second-order valence-corrected chi connectivity index (χ2v) is 5.15. The molecule has 0 atom stereocenters. The van der Waals surface area contributed by atoms with E-state index in [2.05, 4.69) is 15.3 Å². The maximum absolute atomic E-state index is 8.74. The van der Waals surface area contributed by atoms with Crippen LogP contribution in [-0.4, -0.2) is 18.4 Å². The first-order valence-corrected chi connectivity index (χ1v) is 6.99. The molecule has 0 spiro atoms. The Morgan fingerprint density at radius 3 is 3.32 bits per heavy atom. The lowest BCUT2D eigenvalue weighted by Gasteiger charge is -2.06. The van der Waals surface area contributed by atoms with Gasteiger partial charge in [-0.2, -0.15) is 5.26 Å². The smallest absolute Gasteiger partial charge is 0.209 e. The van der Waals surface area contributed by atoms with E-state index in [0.29, 0.717) is 27.6 Å². The molecule has 1 N–H and O–H groups in total. The van der Waals surface area contributed by atoms with Gasteiger partial charge < -0.3 is 9.50 Å². The summed E-state index contributed by atoms with van der Waals surface area (Å²) in [6.07, 6.45) is 1.49. The Labute approximate surface area is 125 Å². The Kier molecular flexibility index (Phi) is 4.55. The molecule has 95 valence electrons. The maximum atomic E-state index is 8.74. The Morgan fingerprint density at radius 1 is 1.68 bits per heavy atom. The highest BCUT2D eigenvalue weighted by Crippen LogP contribution is 2.23. The van der Waals surface area contributed by atoms with Gasteiger partial charge in [0.2, 0.25) is 7.09 Å². The van der Waals surface area contributed by atoms with Crippen LogP contribution < -0.4 is 5.32 Å². The Morgan fingerprint density at radius 2 is 2.58 bits per heavy atom. The molecule has 0 unspecified atom stereocenters. The number of rotatable bonds is 6. The van der Waals surface area contributed by atoms with E-state index in [0.717, 1.165) is 24.5 Å². The highest BCUT2D eigenvalue weighted by Gasteiger charge is 2.05.